The molecule has 1 aromatic carbocycles. The van der Waals surface area contributed by atoms with Crippen molar-refractivity contribution in [2.45, 2.75) is 38.8 Å². The summed E-state index contributed by atoms with van der Waals surface area (Å²) < 4.78 is 5.80. The second-order valence-corrected chi connectivity index (χ2v) is 6.87. The van der Waals surface area contributed by atoms with Crippen LogP contribution in [0.25, 0.3) is 0 Å². The van der Waals surface area contributed by atoms with E-state index in [0.29, 0.717) is 11.3 Å². The summed E-state index contributed by atoms with van der Waals surface area (Å²) in [7, 11) is 0. The molecule has 24 heavy (non-hydrogen) atoms. The molecular formula is C19H21NO3S. The molecule has 1 saturated heterocycles. The summed E-state index contributed by atoms with van der Waals surface area (Å²) in [5.74, 6) is 0.531. The number of likely N-dealkylation sites (tertiary alicyclic amines) is 1. The van der Waals surface area contributed by atoms with Crippen LogP contribution in [0.2, 0.25) is 0 Å². The van der Waals surface area contributed by atoms with E-state index < -0.39 is 6.10 Å². The van der Waals surface area contributed by atoms with E-state index in [-0.39, 0.29) is 17.7 Å². The summed E-state index contributed by atoms with van der Waals surface area (Å²) in [5.41, 5.74) is 1.79. The Morgan fingerprint density at radius 1 is 1.33 bits per heavy atom. The normalized spacial score (nSPS) is 18.4. The molecule has 1 aliphatic heterocycles. The van der Waals surface area contributed by atoms with E-state index in [1.807, 2.05) is 10.3 Å². The van der Waals surface area contributed by atoms with Gasteiger partial charge in [-0.05, 0) is 61.2 Å². The van der Waals surface area contributed by atoms with Gasteiger partial charge in [0.15, 0.2) is 11.9 Å². The predicted octanol–water partition coefficient (Wildman–Crippen LogP) is 4.08. The van der Waals surface area contributed by atoms with E-state index >= 15 is 0 Å². The number of ketones is 1. The summed E-state index contributed by atoms with van der Waals surface area (Å²) in [4.78, 5) is 26.2. The quantitative estimate of drug-likeness (QED) is 0.769. The Bertz CT molecular complexity index is 726. The van der Waals surface area contributed by atoms with Gasteiger partial charge in [0, 0.05) is 12.1 Å². The third kappa shape index (κ3) is 3.51. The Balaban J connectivity index is 1.70. The van der Waals surface area contributed by atoms with E-state index in [4.69, 9.17) is 4.74 Å². The lowest BCUT2D eigenvalue weighted by Crippen LogP contribution is -2.40. The van der Waals surface area contributed by atoms with E-state index in [9.17, 15) is 9.59 Å². The van der Waals surface area contributed by atoms with Crippen LogP contribution in [0, 0.1) is 0 Å². The summed E-state index contributed by atoms with van der Waals surface area (Å²) >= 11 is 1.65. The highest BCUT2D eigenvalue weighted by molar-refractivity contribution is 7.08. The van der Waals surface area contributed by atoms with Gasteiger partial charge in [-0.1, -0.05) is 12.1 Å². The van der Waals surface area contributed by atoms with Crippen LogP contribution in [-0.2, 0) is 4.79 Å². The number of Topliss-reactive ketones (excluding diaryl/α,β-unsaturated/α-hetero) is 1. The summed E-state index contributed by atoms with van der Waals surface area (Å²) in [6.07, 6.45) is 1.43. The van der Waals surface area contributed by atoms with Gasteiger partial charge < -0.3 is 9.64 Å². The third-order valence-electron chi connectivity index (χ3n) is 4.37. The van der Waals surface area contributed by atoms with Crippen LogP contribution in [-0.4, -0.2) is 29.2 Å². The van der Waals surface area contributed by atoms with E-state index in [1.165, 1.54) is 12.5 Å². The molecule has 2 aromatic rings. The van der Waals surface area contributed by atoms with Gasteiger partial charge in [0.2, 0.25) is 0 Å². The SMILES string of the molecule is CC(=O)c1cccc(O[C@@H](C)C(=O)N2CCC[C@@H]2c2ccsc2)c1. The predicted molar refractivity (Wildman–Crippen MR) is 94.5 cm³/mol. The fourth-order valence-corrected chi connectivity index (χ4v) is 3.83. The highest BCUT2D eigenvalue weighted by atomic mass is 32.1. The van der Waals surface area contributed by atoms with Crippen molar-refractivity contribution >= 4 is 23.0 Å². The minimum atomic E-state index is -0.577. The number of thiophene rings is 1. The van der Waals surface area contributed by atoms with Crippen LogP contribution >= 0.6 is 11.3 Å². The highest BCUT2D eigenvalue weighted by Gasteiger charge is 2.33. The molecule has 5 heteroatoms. The number of carbonyl (C=O) groups is 2. The first kappa shape index (κ1) is 16.7. The number of hydrogen-bond acceptors (Lipinski definition) is 4. The molecule has 1 fully saturated rings. The van der Waals surface area contributed by atoms with Crippen molar-refractivity contribution < 1.29 is 14.3 Å². The molecule has 1 aliphatic rings. The van der Waals surface area contributed by atoms with E-state index in [0.717, 1.165) is 19.4 Å². The van der Waals surface area contributed by atoms with Crippen molar-refractivity contribution in [1.82, 2.24) is 4.90 Å². The highest BCUT2D eigenvalue weighted by Crippen LogP contribution is 2.33. The zero-order chi connectivity index (χ0) is 17.1. The summed E-state index contributed by atoms with van der Waals surface area (Å²) in [6.45, 7) is 4.05. The molecule has 1 amide bonds. The lowest BCUT2D eigenvalue weighted by molar-refractivity contribution is -0.138. The first-order chi connectivity index (χ1) is 11.6. The minimum absolute atomic E-state index is 0.00284. The van der Waals surface area contributed by atoms with Gasteiger partial charge >= 0.3 is 0 Å². The average Bonchev–Trinajstić information content (AvgIpc) is 3.25. The molecule has 0 radical (unpaired) electrons. The van der Waals surface area contributed by atoms with Crippen molar-refractivity contribution in [2.24, 2.45) is 0 Å². The van der Waals surface area contributed by atoms with Gasteiger partial charge in [0.1, 0.15) is 5.75 Å². The molecule has 0 bridgehead atoms. The maximum atomic E-state index is 12.8. The topological polar surface area (TPSA) is 46.6 Å². The standard InChI is InChI=1S/C19H21NO3S/c1-13(21)15-5-3-6-17(11-15)23-14(2)19(22)20-9-4-7-18(20)16-8-10-24-12-16/h3,5-6,8,10-12,14,18H,4,7,9H2,1-2H3/t14-,18+/m0/s1. The number of carbonyl (C=O) groups excluding carboxylic acids is 2. The fourth-order valence-electron chi connectivity index (χ4n) is 3.12. The van der Waals surface area contributed by atoms with Gasteiger partial charge in [0.05, 0.1) is 6.04 Å². The van der Waals surface area contributed by atoms with Gasteiger partial charge in [-0.25, -0.2) is 0 Å². The van der Waals surface area contributed by atoms with Crippen LogP contribution < -0.4 is 4.74 Å². The number of ether oxygens (including phenoxy) is 1. The van der Waals surface area contributed by atoms with Crippen LogP contribution in [0.3, 0.4) is 0 Å². The van der Waals surface area contributed by atoms with Crippen molar-refractivity contribution in [3.8, 4) is 5.75 Å². The minimum Gasteiger partial charge on any atom is -0.481 e. The molecule has 4 nitrogen and oxygen atoms in total. The van der Waals surface area contributed by atoms with E-state index in [1.54, 1.807) is 42.5 Å². The van der Waals surface area contributed by atoms with Gasteiger partial charge in [-0.15, -0.1) is 0 Å². The smallest absolute Gasteiger partial charge is 0.263 e. The largest absolute Gasteiger partial charge is 0.481 e. The molecule has 0 unspecified atom stereocenters. The fraction of sp³-hybridized carbons (Fsp3) is 0.368. The number of rotatable bonds is 5. The van der Waals surface area contributed by atoms with E-state index in [2.05, 4.69) is 11.4 Å². The molecule has 2 heterocycles. The summed E-state index contributed by atoms with van der Waals surface area (Å²) in [6, 6.07) is 9.21. The molecular weight excluding hydrogens is 322 g/mol. The first-order valence-corrected chi connectivity index (χ1v) is 9.11. The second kappa shape index (κ2) is 7.18. The van der Waals surface area contributed by atoms with Gasteiger partial charge in [-0.2, -0.15) is 11.3 Å². The number of nitrogens with zero attached hydrogens (tertiary/aromatic N) is 1. The maximum Gasteiger partial charge on any atom is 0.263 e. The molecule has 0 aliphatic carbocycles. The molecule has 2 atom stereocenters. The lowest BCUT2D eigenvalue weighted by atomic mass is 10.1. The Kier molecular flexibility index (Phi) is 5.00. The molecule has 0 spiro atoms. The first-order valence-electron chi connectivity index (χ1n) is 8.16. The molecule has 126 valence electrons. The van der Waals surface area contributed by atoms with Crippen molar-refractivity contribution in [3.05, 3.63) is 52.2 Å². The van der Waals surface area contributed by atoms with Gasteiger partial charge in [0.25, 0.3) is 5.91 Å². The maximum absolute atomic E-state index is 12.8. The van der Waals surface area contributed by atoms with Crippen LogP contribution in [0.5, 0.6) is 5.75 Å². The molecule has 1 aromatic heterocycles. The number of benzene rings is 1. The van der Waals surface area contributed by atoms with Crippen LogP contribution in [0.4, 0.5) is 0 Å². The van der Waals surface area contributed by atoms with Crippen molar-refractivity contribution in [2.75, 3.05) is 6.54 Å². The second-order valence-electron chi connectivity index (χ2n) is 6.09. The van der Waals surface area contributed by atoms with Crippen LogP contribution in [0.1, 0.15) is 48.7 Å². The number of hydrogen-bond donors (Lipinski definition) is 0. The molecule has 0 N–H and O–H groups in total. The average molecular weight is 343 g/mol. The third-order valence-corrected chi connectivity index (χ3v) is 5.07. The Labute approximate surface area is 146 Å². The van der Waals surface area contributed by atoms with Gasteiger partial charge in [-0.3, -0.25) is 9.59 Å². The lowest BCUT2D eigenvalue weighted by Gasteiger charge is -2.27. The number of amides is 1. The van der Waals surface area contributed by atoms with Crippen molar-refractivity contribution in [1.29, 1.82) is 0 Å². The Morgan fingerprint density at radius 3 is 2.88 bits per heavy atom. The molecule has 0 saturated carbocycles. The monoisotopic (exact) mass is 343 g/mol. The Morgan fingerprint density at radius 2 is 2.17 bits per heavy atom. The Hall–Kier alpha value is -2.14. The zero-order valence-electron chi connectivity index (χ0n) is 13.9. The summed E-state index contributed by atoms with van der Waals surface area (Å²) in [5, 5.41) is 4.15. The molecule has 3 rings (SSSR count). The van der Waals surface area contributed by atoms with Crippen molar-refractivity contribution in [3.63, 3.8) is 0 Å². The van der Waals surface area contributed by atoms with Crippen LogP contribution in [0.15, 0.2) is 41.1 Å². The zero-order valence-corrected chi connectivity index (χ0v) is 14.7.